The molecular weight excluding hydrogens is 170 g/mol. The molecule has 0 aromatic heterocycles. The van der Waals surface area contributed by atoms with Gasteiger partial charge in [-0.25, -0.2) is 0 Å². The third-order valence-electron chi connectivity index (χ3n) is 3.54. The second-order valence-electron chi connectivity index (χ2n) is 4.57. The molecule has 0 saturated carbocycles. The van der Waals surface area contributed by atoms with E-state index in [4.69, 9.17) is 0 Å². The molecule has 1 N–H and O–H groups in total. The molecule has 0 heterocycles. The highest BCUT2D eigenvalue weighted by atomic mass is 14.8. The molecule has 1 atom stereocenters. The van der Waals surface area contributed by atoms with Gasteiger partial charge in [0.15, 0.2) is 0 Å². The monoisotopic (exact) mass is 189 g/mol. The van der Waals surface area contributed by atoms with Crippen molar-refractivity contribution < 1.29 is 0 Å². The first-order valence-electron chi connectivity index (χ1n) is 5.49. The van der Waals surface area contributed by atoms with E-state index in [-0.39, 0.29) is 0 Å². The largest absolute Gasteiger partial charge is 0.320 e. The van der Waals surface area contributed by atoms with Crippen LogP contribution >= 0.6 is 0 Å². The summed E-state index contributed by atoms with van der Waals surface area (Å²) in [5.74, 6) is 0. The SMILES string of the molecule is CNCCC1(C)CCc2ccccc21. The fraction of sp³-hybridized carbons (Fsp3) is 0.538. The van der Waals surface area contributed by atoms with E-state index in [9.17, 15) is 0 Å². The third-order valence-corrected chi connectivity index (χ3v) is 3.54. The lowest BCUT2D eigenvalue weighted by Crippen LogP contribution is -2.24. The van der Waals surface area contributed by atoms with E-state index in [1.54, 1.807) is 11.1 Å². The predicted octanol–water partition coefficient (Wildman–Crippen LogP) is 2.50. The van der Waals surface area contributed by atoms with Gasteiger partial charge >= 0.3 is 0 Å². The number of aryl methyl sites for hydroxylation is 1. The summed E-state index contributed by atoms with van der Waals surface area (Å²) in [7, 11) is 2.03. The molecule has 1 nitrogen and oxygen atoms in total. The summed E-state index contributed by atoms with van der Waals surface area (Å²) in [4.78, 5) is 0. The van der Waals surface area contributed by atoms with E-state index < -0.39 is 0 Å². The average molecular weight is 189 g/mol. The van der Waals surface area contributed by atoms with Gasteiger partial charge in [0.2, 0.25) is 0 Å². The van der Waals surface area contributed by atoms with E-state index in [2.05, 4.69) is 36.5 Å². The Bertz CT molecular complexity index is 319. The molecular formula is C13H19N. The van der Waals surface area contributed by atoms with Gasteiger partial charge in [0.25, 0.3) is 0 Å². The minimum atomic E-state index is 0.416. The van der Waals surface area contributed by atoms with Crippen LogP contribution in [0.5, 0.6) is 0 Å². The summed E-state index contributed by atoms with van der Waals surface area (Å²) in [5, 5.41) is 3.25. The van der Waals surface area contributed by atoms with Crippen molar-refractivity contribution in [3.05, 3.63) is 35.4 Å². The zero-order valence-electron chi connectivity index (χ0n) is 9.14. The highest BCUT2D eigenvalue weighted by Gasteiger charge is 2.32. The number of rotatable bonds is 3. The van der Waals surface area contributed by atoms with Crippen LogP contribution in [0.4, 0.5) is 0 Å². The van der Waals surface area contributed by atoms with Crippen LogP contribution < -0.4 is 5.32 Å². The van der Waals surface area contributed by atoms with Gasteiger partial charge in [0.1, 0.15) is 0 Å². The highest BCUT2D eigenvalue weighted by Crippen LogP contribution is 2.40. The van der Waals surface area contributed by atoms with Gasteiger partial charge in [-0.1, -0.05) is 31.2 Å². The molecule has 0 saturated heterocycles. The van der Waals surface area contributed by atoms with E-state index in [1.165, 1.54) is 19.3 Å². The first-order valence-corrected chi connectivity index (χ1v) is 5.49. The van der Waals surface area contributed by atoms with Gasteiger partial charge < -0.3 is 5.32 Å². The Kier molecular flexibility index (Phi) is 2.60. The molecule has 0 radical (unpaired) electrons. The Morgan fingerprint density at radius 2 is 2.14 bits per heavy atom. The lowest BCUT2D eigenvalue weighted by atomic mass is 9.81. The van der Waals surface area contributed by atoms with Crippen LogP contribution in [0.3, 0.4) is 0 Å². The van der Waals surface area contributed by atoms with Crippen molar-refractivity contribution in [2.45, 2.75) is 31.6 Å². The van der Waals surface area contributed by atoms with Gasteiger partial charge in [-0.2, -0.15) is 0 Å². The van der Waals surface area contributed by atoms with Crippen LogP contribution in [0.2, 0.25) is 0 Å². The highest BCUT2D eigenvalue weighted by molar-refractivity contribution is 5.38. The molecule has 0 fully saturated rings. The van der Waals surface area contributed by atoms with E-state index in [0.29, 0.717) is 5.41 Å². The Balaban J connectivity index is 2.23. The molecule has 0 aliphatic heterocycles. The van der Waals surface area contributed by atoms with Crippen molar-refractivity contribution in [2.75, 3.05) is 13.6 Å². The summed E-state index contributed by atoms with van der Waals surface area (Å²) < 4.78 is 0. The van der Waals surface area contributed by atoms with Crippen molar-refractivity contribution in [2.24, 2.45) is 0 Å². The Morgan fingerprint density at radius 1 is 1.36 bits per heavy atom. The predicted molar refractivity (Wildman–Crippen MR) is 60.7 cm³/mol. The minimum absolute atomic E-state index is 0.416. The fourth-order valence-corrected chi connectivity index (χ4v) is 2.53. The minimum Gasteiger partial charge on any atom is -0.320 e. The molecule has 1 heteroatoms. The van der Waals surface area contributed by atoms with Crippen molar-refractivity contribution in [3.63, 3.8) is 0 Å². The number of hydrogen-bond acceptors (Lipinski definition) is 1. The first kappa shape index (κ1) is 9.72. The van der Waals surface area contributed by atoms with Crippen LogP contribution in [0, 0.1) is 0 Å². The summed E-state index contributed by atoms with van der Waals surface area (Å²) in [6, 6.07) is 8.91. The van der Waals surface area contributed by atoms with Gasteiger partial charge in [-0.3, -0.25) is 0 Å². The normalized spacial score (nSPS) is 25.0. The van der Waals surface area contributed by atoms with Crippen LogP contribution in [0.25, 0.3) is 0 Å². The Labute approximate surface area is 86.5 Å². The fourth-order valence-electron chi connectivity index (χ4n) is 2.53. The second-order valence-corrected chi connectivity index (χ2v) is 4.57. The quantitative estimate of drug-likeness (QED) is 0.770. The van der Waals surface area contributed by atoms with Gasteiger partial charge in [-0.15, -0.1) is 0 Å². The van der Waals surface area contributed by atoms with E-state index in [1.807, 2.05) is 7.05 Å². The molecule has 2 rings (SSSR count). The molecule has 1 aliphatic carbocycles. The maximum atomic E-state index is 3.25. The Morgan fingerprint density at radius 3 is 2.93 bits per heavy atom. The number of hydrogen-bond donors (Lipinski definition) is 1. The zero-order chi connectivity index (χ0) is 10.0. The molecule has 1 aromatic rings. The average Bonchev–Trinajstić information content (AvgIpc) is 2.55. The topological polar surface area (TPSA) is 12.0 Å². The van der Waals surface area contributed by atoms with Crippen molar-refractivity contribution in [3.8, 4) is 0 Å². The van der Waals surface area contributed by atoms with Crippen LogP contribution in [0.1, 0.15) is 30.9 Å². The summed E-state index contributed by atoms with van der Waals surface area (Å²) in [6.45, 7) is 3.51. The number of fused-ring (bicyclic) bond motifs is 1. The first-order chi connectivity index (χ1) is 6.76. The zero-order valence-corrected chi connectivity index (χ0v) is 9.14. The summed E-state index contributed by atoms with van der Waals surface area (Å²) in [6.07, 6.45) is 3.82. The maximum absolute atomic E-state index is 3.25. The smallest absolute Gasteiger partial charge is 0.00435 e. The van der Waals surface area contributed by atoms with Crippen LogP contribution in [-0.4, -0.2) is 13.6 Å². The van der Waals surface area contributed by atoms with Crippen molar-refractivity contribution in [1.29, 1.82) is 0 Å². The molecule has 1 aliphatic rings. The van der Waals surface area contributed by atoms with Crippen LogP contribution in [0.15, 0.2) is 24.3 Å². The van der Waals surface area contributed by atoms with E-state index >= 15 is 0 Å². The molecule has 1 unspecified atom stereocenters. The maximum Gasteiger partial charge on any atom is -0.00435 e. The molecule has 76 valence electrons. The molecule has 0 amide bonds. The van der Waals surface area contributed by atoms with Gasteiger partial charge in [-0.05, 0) is 49.4 Å². The number of nitrogens with one attached hydrogen (secondary N) is 1. The van der Waals surface area contributed by atoms with Crippen molar-refractivity contribution in [1.82, 2.24) is 5.32 Å². The van der Waals surface area contributed by atoms with Gasteiger partial charge in [0, 0.05) is 0 Å². The van der Waals surface area contributed by atoms with Crippen LogP contribution in [-0.2, 0) is 11.8 Å². The molecule has 0 spiro atoms. The molecule has 14 heavy (non-hydrogen) atoms. The van der Waals surface area contributed by atoms with E-state index in [0.717, 1.165) is 6.54 Å². The third kappa shape index (κ3) is 1.57. The number of benzene rings is 1. The summed E-state index contributed by atoms with van der Waals surface area (Å²) >= 11 is 0. The lowest BCUT2D eigenvalue weighted by molar-refractivity contribution is 0.424. The molecule has 0 bridgehead atoms. The lowest BCUT2D eigenvalue weighted by Gasteiger charge is -2.25. The Hall–Kier alpha value is -0.820. The van der Waals surface area contributed by atoms with Crippen molar-refractivity contribution >= 4 is 0 Å². The van der Waals surface area contributed by atoms with Gasteiger partial charge in [0.05, 0.1) is 0 Å². The summed E-state index contributed by atoms with van der Waals surface area (Å²) in [5.41, 5.74) is 3.56. The standard InChI is InChI=1S/C13H19N/c1-13(9-10-14-2)8-7-11-5-3-4-6-12(11)13/h3-6,14H,7-10H2,1-2H3. The second kappa shape index (κ2) is 3.74. The molecule has 1 aromatic carbocycles.